The van der Waals surface area contributed by atoms with Gasteiger partial charge < -0.3 is 10.4 Å². The molecule has 0 bridgehead atoms. The Morgan fingerprint density at radius 2 is 1.95 bits per heavy atom. The van der Waals surface area contributed by atoms with Gasteiger partial charge in [0.05, 0.1) is 6.10 Å². The van der Waals surface area contributed by atoms with Crippen molar-refractivity contribution < 1.29 is 5.11 Å². The molecule has 19 heavy (non-hydrogen) atoms. The standard InChI is InChI=1S/C14H20N4O/c1-10(19)14(2,3)15-9-12-13(17-18-16-12)11-7-5-4-6-8-11/h4-8,10,15,19H,9H2,1-3H3,(H,16,17,18). The van der Waals surface area contributed by atoms with Crippen molar-refractivity contribution in [2.24, 2.45) is 0 Å². The van der Waals surface area contributed by atoms with E-state index in [1.54, 1.807) is 6.92 Å². The highest BCUT2D eigenvalue weighted by molar-refractivity contribution is 5.60. The lowest BCUT2D eigenvalue weighted by atomic mass is 9.98. The zero-order valence-electron chi connectivity index (χ0n) is 11.5. The van der Waals surface area contributed by atoms with Gasteiger partial charge in [0.25, 0.3) is 0 Å². The minimum atomic E-state index is -0.445. The van der Waals surface area contributed by atoms with Gasteiger partial charge in [0.15, 0.2) is 0 Å². The van der Waals surface area contributed by atoms with Gasteiger partial charge in [0.1, 0.15) is 11.4 Å². The van der Waals surface area contributed by atoms with Gasteiger partial charge in [0, 0.05) is 17.6 Å². The zero-order chi connectivity index (χ0) is 13.9. The van der Waals surface area contributed by atoms with Crippen molar-refractivity contribution in [3.8, 4) is 11.3 Å². The average Bonchev–Trinajstić information content (AvgIpc) is 2.85. The summed E-state index contributed by atoms with van der Waals surface area (Å²) in [6, 6.07) is 9.92. The van der Waals surface area contributed by atoms with Crippen LogP contribution in [0.25, 0.3) is 11.3 Å². The van der Waals surface area contributed by atoms with E-state index in [0.717, 1.165) is 17.0 Å². The van der Waals surface area contributed by atoms with Crippen LogP contribution in [0.4, 0.5) is 0 Å². The van der Waals surface area contributed by atoms with Crippen molar-refractivity contribution in [2.45, 2.75) is 39.0 Å². The molecular formula is C14H20N4O. The summed E-state index contributed by atoms with van der Waals surface area (Å²) in [5.74, 6) is 0. The molecule has 102 valence electrons. The van der Waals surface area contributed by atoms with Gasteiger partial charge in [-0.2, -0.15) is 15.4 Å². The fraction of sp³-hybridized carbons (Fsp3) is 0.429. The molecule has 0 radical (unpaired) electrons. The molecule has 1 aromatic heterocycles. The van der Waals surface area contributed by atoms with Crippen LogP contribution in [0.2, 0.25) is 0 Å². The normalized spacial score (nSPS) is 13.5. The van der Waals surface area contributed by atoms with Crippen molar-refractivity contribution in [3.05, 3.63) is 36.0 Å². The summed E-state index contributed by atoms with van der Waals surface area (Å²) in [6.07, 6.45) is -0.445. The third-order valence-electron chi connectivity index (χ3n) is 3.42. The molecule has 0 aliphatic rings. The van der Waals surface area contributed by atoms with Crippen molar-refractivity contribution in [1.82, 2.24) is 20.7 Å². The molecule has 5 nitrogen and oxygen atoms in total. The van der Waals surface area contributed by atoms with Crippen LogP contribution in [0.1, 0.15) is 26.5 Å². The van der Waals surface area contributed by atoms with Crippen LogP contribution in [0, 0.1) is 0 Å². The molecule has 5 heteroatoms. The predicted molar refractivity (Wildman–Crippen MR) is 74.4 cm³/mol. The predicted octanol–water partition coefficient (Wildman–Crippen LogP) is 1.72. The highest BCUT2D eigenvalue weighted by atomic mass is 16.3. The number of aliphatic hydroxyl groups excluding tert-OH is 1. The van der Waals surface area contributed by atoms with E-state index in [9.17, 15) is 5.11 Å². The first kappa shape index (κ1) is 13.7. The Bertz CT molecular complexity index is 519. The summed E-state index contributed by atoms with van der Waals surface area (Å²) in [6.45, 7) is 6.24. The largest absolute Gasteiger partial charge is 0.392 e. The molecule has 0 saturated carbocycles. The van der Waals surface area contributed by atoms with Gasteiger partial charge >= 0.3 is 0 Å². The van der Waals surface area contributed by atoms with Crippen molar-refractivity contribution in [2.75, 3.05) is 0 Å². The van der Waals surface area contributed by atoms with E-state index in [0.29, 0.717) is 6.54 Å². The second-order valence-electron chi connectivity index (χ2n) is 5.24. The molecule has 0 fully saturated rings. The Labute approximate surface area is 113 Å². The van der Waals surface area contributed by atoms with Crippen LogP contribution < -0.4 is 5.32 Å². The number of hydrogen-bond acceptors (Lipinski definition) is 4. The quantitative estimate of drug-likeness (QED) is 0.765. The van der Waals surface area contributed by atoms with Crippen molar-refractivity contribution in [3.63, 3.8) is 0 Å². The van der Waals surface area contributed by atoms with E-state index in [4.69, 9.17) is 0 Å². The summed E-state index contributed by atoms with van der Waals surface area (Å²) in [7, 11) is 0. The molecule has 3 N–H and O–H groups in total. The van der Waals surface area contributed by atoms with Gasteiger partial charge in [-0.3, -0.25) is 0 Å². The van der Waals surface area contributed by atoms with Crippen LogP contribution >= 0.6 is 0 Å². The summed E-state index contributed by atoms with van der Waals surface area (Å²) in [5, 5.41) is 24.0. The van der Waals surface area contributed by atoms with Gasteiger partial charge in [-0.1, -0.05) is 30.3 Å². The third kappa shape index (κ3) is 3.19. The number of nitrogens with one attached hydrogen (secondary N) is 2. The molecule has 0 amide bonds. The Morgan fingerprint density at radius 3 is 2.58 bits per heavy atom. The van der Waals surface area contributed by atoms with Gasteiger partial charge in [-0.15, -0.1) is 0 Å². The van der Waals surface area contributed by atoms with Crippen LogP contribution in [0.3, 0.4) is 0 Å². The summed E-state index contributed by atoms with van der Waals surface area (Å²) >= 11 is 0. The van der Waals surface area contributed by atoms with Crippen LogP contribution in [-0.2, 0) is 6.54 Å². The summed E-state index contributed by atoms with van der Waals surface area (Å²) in [5.41, 5.74) is 2.35. The maximum Gasteiger partial charge on any atom is 0.117 e. The fourth-order valence-electron chi connectivity index (χ4n) is 1.66. The van der Waals surface area contributed by atoms with Crippen molar-refractivity contribution >= 4 is 0 Å². The number of aromatic amines is 1. The molecular weight excluding hydrogens is 240 g/mol. The first-order valence-electron chi connectivity index (χ1n) is 6.39. The first-order valence-corrected chi connectivity index (χ1v) is 6.39. The average molecular weight is 260 g/mol. The van der Waals surface area contributed by atoms with E-state index in [2.05, 4.69) is 20.7 Å². The van der Waals surface area contributed by atoms with E-state index >= 15 is 0 Å². The number of rotatable bonds is 5. The molecule has 1 aromatic carbocycles. The zero-order valence-corrected chi connectivity index (χ0v) is 11.5. The van der Waals surface area contributed by atoms with Crippen LogP contribution in [0.5, 0.6) is 0 Å². The van der Waals surface area contributed by atoms with E-state index in [1.165, 1.54) is 0 Å². The minimum absolute atomic E-state index is 0.368. The fourth-order valence-corrected chi connectivity index (χ4v) is 1.66. The smallest absolute Gasteiger partial charge is 0.117 e. The Balaban J connectivity index is 2.13. The molecule has 0 aliphatic carbocycles. The molecule has 0 aliphatic heterocycles. The highest BCUT2D eigenvalue weighted by Gasteiger charge is 2.24. The molecule has 1 atom stereocenters. The lowest BCUT2D eigenvalue weighted by Gasteiger charge is -2.29. The third-order valence-corrected chi connectivity index (χ3v) is 3.42. The molecule has 0 spiro atoms. The lowest BCUT2D eigenvalue weighted by molar-refractivity contribution is 0.0954. The second-order valence-corrected chi connectivity index (χ2v) is 5.24. The second kappa shape index (κ2) is 5.50. The maximum atomic E-state index is 9.69. The topological polar surface area (TPSA) is 73.8 Å². The van der Waals surface area contributed by atoms with Gasteiger partial charge in [-0.25, -0.2) is 0 Å². The van der Waals surface area contributed by atoms with Gasteiger partial charge in [0.2, 0.25) is 0 Å². The summed E-state index contributed by atoms with van der Waals surface area (Å²) < 4.78 is 0. The molecule has 0 saturated heterocycles. The molecule has 1 unspecified atom stereocenters. The highest BCUT2D eigenvalue weighted by Crippen LogP contribution is 2.19. The molecule has 1 heterocycles. The van der Waals surface area contributed by atoms with E-state index in [-0.39, 0.29) is 5.54 Å². The monoisotopic (exact) mass is 260 g/mol. The van der Waals surface area contributed by atoms with Crippen LogP contribution in [-0.4, -0.2) is 32.2 Å². The number of benzene rings is 1. The molecule has 2 rings (SSSR count). The number of aliphatic hydroxyl groups is 1. The van der Waals surface area contributed by atoms with E-state index in [1.807, 2.05) is 44.2 Å². The Kier molecular flexibility index (Phi) is 3.97. The Morgan fingerprint density at radius 1 is 1.26 bits per heavy atom. The Hall–Kier alpha value is -1.72. The van der Waals surface area contributed by atoms with Crippen molar-refractivity contribution in [1.29, 1.82) is 0 Å². The first-order chi connectivity index (χ1) is 9.00. The lowest BCUT2D eigenvalue weighted by Crippen LogP contribution is -2.47. The van der Waals surface area contributed by atoms with E-state index < -0.39 is 6.10 Å². The summed E-state index contributed by atoms with van der Waals surface area (Å²) in [4.78, 5) is 0. The maximum absolute atomic E-state index is 9.69. The van der Waals surface area contributed by atoms with Crippen LogP contribution in [0.15, 0.2) is 30.3 Å². The molecule has 2 aromatic rings. The number of aromatic nitrogens is 3. The number of nitrogens with zero attached hydrogens (tertiary/aromatic N) is 2. The van der Waals surface area contributed by atoms with Gasteiger partial charge in [-0.05, 0) is 20.8 Å². The number of H-pyrrole nitrogens is 1. The minimum Gasteiger partial charge on any atom is -0.392 e. The number of hydrogen-bond donors (Lipinski definition) is 3. The SMILES string of the molecule is CC(O)C(C)(C)NCc1n[nH]nc1-c1ccccc1.